The summed E-state index contributed by atoms with van der Waals surface area (Å²) in [7, 11) is 0. The molecule has 0 aromatic carbocycles. The van der Waals surface area contributed by atoms with E-state index in [1.165, 1.54) is 64.2 Å². The number of carboxylic acids is 2. The van der Waals surface area contributed by atoms with Crippen LogP contribution in [0.2, 0.25) is 0 Å². The summed E-state index contributed by atoms with van der Waals surface area (Å²) in [4.78, 5) is 42.7. The van der Waals surface area contributed by atoms with Gasteiger partial charge >= 0.3 is 48.9 Å². The van der Waals surface area contributed by atoms with Crippen LogP contribution in [0.25, 0.3) is 0 Å². The smallest absolute Gasteiger partial charge is 0.550 e. The van der Waals surface area contributed by atoms with Crippen molar-refractivity contribution < 1.29 is 29.4 Å². The van der Waals surface area contributed by atoms with Crippen LogP contribution in [0, 0.1) is 0 Å². The van der Waals surface area contributed by atoms with Crippen molar-refractivity contribution in [1.82, 2.24) is 10.6 Å². The fourth-order valence-electron chi connectivity index (χ4n) is 3.27. The van der Waals surface area contributed by atoms with Gasteiger partial charge in [-0.1, -0.05) is 90.9 Å². The average molecular weight is 622 g/mol. The van der Waals surface area contributed by atoms with Gasteiger partial charge in [0.05, 0.1) is 0 Å². The molecule has 9 heteroatoms. The minimum Gasteiger partial charge on any atom is -0.550 e. The zero-order valence-electron chi connectivity index (χ0n) is 22.3. The van der Waals surface area contributed by atoms with Crippen molar-refractivity contribution in [2.75, 3.05) is 13.1 Å². The second-order valence-corrected chi connectivity index (χ2v) is 8.69. The molecule has 0 rings (SSSR count). The number of unbranched alkanes of at least 4 members (excludes halogenated alkanes) is 12. The van der Waals surface area contributed by atoms with Crippen LogP contribution in [-0.4, -0.2) is 85.7 Å². The van der Waals surface area contributed by atoms with Gasteiger partial charge in [-0.15, -0.1) is 0 Å². The van der Waals surface area contributed by atoms with E-state index in [4.69, 9.17) is 0 Å². The molecule has 200 valence electrons. The summed E-state index contributed by atoms with van der Waals surface area (Å²) in [6.07, 6.45) is 17.3. The molecule has 0 aliphatic carbocycles. The Balaban J connectivity index is -0.000000569. The third-order valence-corrected chi connectivity index (χ3v) is 5.32. The molecular weight excluding hydrogens is 574 g/mol. The Labute approximate surface area is 253 Å². The SMILES string of the molecule is CCCCCCCCCC(=O)NCCC(=O)[O-].CCCCCCCCCC(=O)NCCC(=O)[O-].[Ba+2]. The standard InChI is InChI=1S/2C13H25NO3.Ba/c2*1-2-3-4-5-6-7-8-9-12(15)14-11-10-13(16)17;/h2*2-11H2,1H3,(H,14,15)(H,16,17);/q;;+2/p-2. The van der Waals surface area contributed by atoms with Gasteiger partial charge in [-0.2, -0.15) is 0 Å². The van der Waals surface area contributed by atoms with Crippen LogP contribution < -0.4 is 20.8 Å². The first kappa shape index (κ1) is 39.0. The topological polar surface area (TPSA) is 138 Å². The first-order chi connectivity index (χ1) is 16.3. The Morgan fingerprint density at radius 2 is 0.771 bits per heavy atom. The Hall–Kier alpha value is -0.549. The molecule has 0 heterocycles. The summed E-state index contributed by atoms with van der Waals surface area (Å²) in [5.41, 5.74) is 0. The molecule has 0 saturated heterocycles. The fourth-order valence-corrected chi connectivity index (χ4v) is 3.27. The molecule has 0 saturated carbocycles. The molecule has 0 aromatic rings. The summed E-state index contributed by atoms with van der Waals surface area (Å²) >= 11 is 0. The minimum absolute atomic E-state index is 0. The van der Waals surface area contributed by atoms with E-state index >= 15 is 0 Å². The molecule has 35 heavy (non-hydrogen) atoms. The summed E-state index contributed by atoms with van der Waals surface area (Å²) < 4.78 is 0. The minimum atomic E-state index is -1.12. The average Bonchev–Trinajstić information content (AvgIpc) is 2.78. The Morgan fingerprint density at radius 3 is 1.06 bits per heavy atom. The van der Waals surface area contributed by atoms with Gasteiger partial charge in [-0.25, -0.2) is 0 Å². The largest absolute Gasteiger partial charge is 2.00 e. The van der Waals surface area contributed by atoms with Crippen LogP contribution in [0.1, 0.15) is 129 Å². The quantitative estimate of drug-likeness (QED) is 0.141. The van der Waals surface area contributed by atoms with Gasteiger partial charge < -0.3 is 30.4 Å². The number of rotatable bonds is 22. The maximum atomic E-state index is 11.2. The summed E-state index contributed by atoms with van der Waals surface area (Å²) in [6, 6.07) is 0. The number of hydrogen-bond donors (Lipinski definition) is 2. The van der Waals surface area contributed by atoms with E-state index in [0.29, 0.717) is 12.8 Å². The molecule has 0 spiro atoms. The fraction of sp³-hybridized carbons (Fsp3) is 0.846. The zero-order valence-corrected chi connectivity index (χ0v) is 26.7. The van der Waals surface area contributed by atoms with Gasteiger partial charge in [0.15, 0.2) is 0 Å². The van der Waals surface area contributed by atoms with Gasteiger partial charge in [0.25, 0.3) is 0 Å². The van der Waals surface area contributed by atoms with E-state index < -0.39 is 11.9 Å². The van der Waals surface area contributed by atoms with E-state index in [9.17, 15) is 29.4 Å². The van der Waals surface area contributed by atoms with Crippen molar-refractivity contribution >= 4 is 72.6 Å². The maximum absolute atomic E-state index is 11.2. The van der Waals surface area contributed by atoms with Gasteiger partial charge in [0.2, 0.25) is 11.8 Å². The Bertz CT molecular complexity index is 486. The van der Waals surface area contributed by atoms with Crippen LogP contribution in [0.3, 0.4) is 0 Å². The number of carbonyl (C=O) groups is 4. The normalized spacial score (nSPS) is 9.89. The molecule has 0 aliphatic heterocycles. The molecule has 0 fully saturated rings. The molecule has 0 aromatic heterocycles. The van der Waals surface area contributed by atoms with Crippen LogP contribution >= 0.6 is 0 Å². The molecule has 0 bridgehead atoms. The summed E-state index contributed by atoms with van der Waals surface area (Å²) in [5.74, 6) is -2.36. The number of carbonyl (C=O) groups excluding carboxylic acids is 4. The number of carboxylic acid groups (broad SMARTS) is 2. The second-order valence-electron chi connectivity index (χ2n) is 8.69. The van der Waals surface area contributed by atoms with Crippen LogP contribution in [0.5, 0.6) is 0 Å². The van der Waals surface area contributed by atoms with Crippen LogP contribution in [0.4, 0.5) is 0 Å². The molecule has 2 amide bonds. The van der Waals surface area contributed by atoms with E-state index in [2.05, 4.69) is 24.5 Å². The number of amides is 2. The second kappa shape index (κ2) is 31.5. The van der Waals surface area contributed by atoms with Gasteiger partial charge in [0.1, 0.15) is 0 Å². The van der Waals surface area contributed by atoms with E-state index in [1.54, 1.807) is 0 Å². The van der Waals surface area contributed by atoms with Crippen molar-refractivity contribution in [3.8, 4) is 0 Å². The van der Waals surface area contributed by atoms with E-state index in [0.717, 1.165) is 25.7 Å². The van der Waals surface area contributed by atoms with Crippen molar-refractivity contribution in [1.29, 1.82) is 0 Å². The molecule has 0 radical (unpaired) electrons. The Kier molecular flexibility index (Phi) is 35.1. The van der Waals surface area contributed by atoms with Crippen molar-refractivity contribution in [2.45, 2.75) is 129 Å². The van der Waals surface area contributed by atoms with Gasteiger partial charge in [0, 0.05) is 50.7 Å². The monoisotopic (exact) mass is 622 g/mol. The molecule has 8 nitrogen and oxygen atoms in total. The van der Waals surface area contributed by atoms with E-state index in [-0.39, 0.29) is 86.6 Å². The molecular formula is C26H48BaN2O6. The molecule has 0 aliphatic rings. The van der Waals surface area contributed by atoms with Crippen molar-refractivity contribution in [2.24, 2.45) is 0 Å². The molecule has 0 atom stereocenters. The number of aliphatic carboxylic acids is 2. The van der Waals surface area contributed by atoms with Gasteiger partial charge in [-0.05, 0) is 12.8 Å². The molecule has 2 N–H and O–H groups in total. The third kappa shape index (κ3) is 38.1. The van der Waals surface area contributed by atoms with Crippen molar-refractivity contribution in [3.05, 3.63) is 0 Å². The van der Waals surface area contributed by atoms with Crippen LogP contribution in [0.15, 0.2) is 0 Å². The summed E-state index contributed by atoms with van der Waals surface area (Å²) in [6.45, 7) is 4.74. The predicted octanol–water partition coefficient (Wildman–Crippen LogP) is 2.39. The van der Waals surface area contributed by atoms with Gasteiger partial charge in [-0.3, -0.25) is 9.59 Å². The zero-order chi connectivity index (χ0) is 25.9. The Morgan fingerprint density at radius 1 is 0.486 bits per heavy atom. The first-order valence-electron chi connectivity index (χ1n) is 13.3. The summed E-state index contributed by atoms with van der Waals surface area (Å²) in [5, 5.41) is 25.3. The maximum Gasteiger partial charge on any atom is 2.00 e. The third-order valence-electron chi connectivity index (χ3n) is 5.32. The predicted molar refractivity (Wildman–Crippen MR) is 136 cm³/mol. The van der Waals surface area contributed by atoms with E-state index in [1.807, 2.05) is 0 Å². The molecule has 0 unspecified atom stereocenters. The number of nitrogens with one attached hydrogen (secondary N) is 2. The van der Waals surface area contributed by atoms with Crippen molar-refractivity contribution in [3.63, 3.8) is 0 Å². The van der Waals surface area contributed by atoms with Crippen LogP contribution in [-0.2, 0) is 19.2 Å². The number of hydrogen-bond acceptors (Lipinski definition) is 6. The first-order valence-corrected chi connectivity index (χ1v) is 13.3.